The molecule has 0 radical (unpaired) electrons. The number of anilines is 1. The number of alkyl halides is 3. The maximum absolute atomic E-state index is 13.7. The second-order valence-electron chi connectivity index (χ2n) is 7.47. The number of imide groups is 1. The number of urea groups is 1. The van der Waals surface area contributed by atoms with Crippen LogP contribution in [0.1, 0.15) is 24.0 Å². The summed E-state index contributed by atoms with van der Waals surface area (Å²) in [6, 6.07) is 3.25. The Kier molecular flexibility index (Phi) is 6.43. The second kappa shape index (κ2) is 8.62. The maximum Gasteiger partial charge on any atom is 0.416 e. The van der Waals surface area contributed by atoms with Crippen molar-refractivity contribution in [1.82, 2.24) is 15.2 Å². The van der Waals surface area contributed by atoms with Crippen LogP contribution >= 0.6 is 12.4 Å². The number of benzene rings is 1. The Labute approximate surface area is 185 Å². The highest BCUT2D eigenvalue weighted by molar-refractivity contribution is 6.22. The molecule has 0 atom stereocenters. The van der Waals surface area contributed by atoms with Crippen molar-refractivity contribution in [2.75, 3.05) is 18.0 Å². The molecule has 3 amide bonds. The fraction of sp³-hybridized carbons (Fsp3) is 0.350. The lowest BCUT2D eigenvalue weighted by atomic mass is 9.86. The van der Waals surface area contributed by atoms with Gasteiger partial charge in [0.05, 0.1) is 5.56 Å². The number of nitrogens with zero attached hydrogens (tertiary/aromatic N) is 3. The SMILES string of the molecule is Cl.O=C1N(c2cc(C(F)(F)F)ccn2)C(=O)C2(CCNCC2)N1Cc1cc(F)cc(F)c1. The molecule has 1 aromatic carbocycles. The third-order valence-electron chi connectivity index (χ3n) is 5.54. The monoisotopic (exact) mass is 476 g/mol. The number of pyridine rings is 1. The number of piperidine rings is 1. The van der Waals surface area contributed by atoms with Crippen molar-refractivity contribution in [2.24, 2.45) is 0 Å². The number of carbonyl (C=O) groups excluding carboxylic acids is 2. The van der Waals surface area contributed by atoms with Gasteiger partial charge in [-0.15, -0.1) is 12.4 Å². The summed E-state index contributed by atoms with van der Waals surface area (Å²) in [6.45, 7) is 0.489. The smallest absolute Gasteiger partial charge is 0.317 e. The number of nitrogens with one attached hydrogen (secondary N) is 1. The van der Waals surface area contributed by atoms with E-state index in [-0.39, 0.29) is 37.4 Å². The van der Waals surface area contributed by atoms with Gasteiger partial charge in [-0.2, -0.15) is 13.2 Å². The predicted octanol–water partition coefficient (Wildman–Crippen LogP) is 3.89. The van der Waals surface area contributed by atoms with E-state index < -0.39 is 46.7 Å². The number of hydrogen-bond donors (Lipinski definition) is 1. The van der Waals surface area contributed by atoms with E-state index in [1.165, 1.54) is 4.90 Å². The van der Waals surface area contributed by atoms with E-state index >= 15 is 0 Å². The topological polar surface area (TPSA) is 65.5 Å². The molecule has 2 aliphatic rings. The second-order valence-corrected chi connectivity index (χ2v) is 7.47. The summed E-state index contributed by atoms with van der Waals surface area (Å²) in [4.78, 5) is 32.2. The van der Waals surface area contributed by atoms with Crippen LogP contribution in [0.2, 0.25) is 0 Å². The van der Waals surface area contributed by atoms with Crippen LogP contribution in [0.4, 0.5) is 32.6 Å². The van der Waals surface area contributed by atoms with Gasteiger partial charge in [0.25, 0.3) is 5.91 Å². The Morgan fingerprint density at radius 3 is 2.25 bits per heavy atom. The Balaban J connectivity index is 0.00000289. The van der Waals surface area contributed by atoms with E-state index in [0.29, 0.717) is 30.1 Å². The first-order valence-electron chi connectivity index (χ1n) is 9.47. The minimum atomic E-state index is -4.69. The van der Waals surface area contributed by atoms with Crippen molar-refractivity contribution < 1.29 is 31.5 Å². The molecule has 4 rings (SSSR count). The molecule has 0 saturated carbocycles. The molecule has 2 aliphatic heterocycles. The van der Waals surface area contributed by atoms with E-state index in [4.69, 9.17) is 0 Å². The fourth-order valence-corrected chi connectivity index (χ4v) is 4.06. The molecular formula is C20H18ClF5N4O2. The molecule has 0 aliphatic carbocycles. The van der Waals surface area contributed by atoms with Gasteiger partial charge in [-0.3, -0.25) is 4.79 Å². The number of hydrogen-bond acceptors (Lipinski definition) is 4. The van der Waals surface area contributed by atoms with Crippen LogP contribution < -0.4 is 10.2 Å². The van der Waals surface area contributed by atoms with Crippen molar-refractivity contribution in [3.63, 3.8) is 0 Å². The maximum atomic E-state index is 13.7. The fourth-order valence-electron chi connectivity index (χ4n) is 4.06. The predicted molar refractivity (Wildman–Crippen MR) is 106 cm³/mol. The number of carbonyl (C=O) groups is 2. The van der Waals surface area contributed by atoms with Crippen LogP contribution in [-0.4, -0.2) is 40.5 Å². The molecule has 0 bridgehead atoms. The lowest BCUT2D eigenvalue weighted by Crippen LogP contribution is -2.55. The number of halogens is 6. The van der Waals surface area contributed by atoms with Crippen LogP contribution in [0.5, 0.6) is 0 Å². The van der Waals surface area contributed by atoms with Crippen LogP contribution in [0.25, 0.3) is 0 Å². The summed E-state index contributed by atoms with van der Waals surface area (Å²) in [6.07, 6.45) is -3.41. The van der Waals surface area contributed by atoms with Crippen LogP contribution in [-0.2, 0) is 17.5 Å². The molecule has 6 nitrogen and oxygen atoms in total. The van der Waals surface area contributed by atoms with Gasteiger partial charge in [0, 0.05) is 18.8 Å². The largest absolute Gasteiger partial charge is 0.416 e. The zero-order valence-electron chi connectivity index (χ0n) is 16.5. The van der Waals surface area contributed by atoms with E-state index in [1.807, 2.05) is 0 Å². The number of aromatic nitrogens is 1. The van der Waals surface area contributed by atoms with E-state index in [1.54, 1.807) is 0 Å². The minimum absolute atomic E-state index is 0. The molecule has 1 spiro atoms. The summed E-state index contributed by atoms with van der Waals surface area (Å²) < 4.78 is 66.7. The summed E-state index contributed by atoms with van der Waals surface area (Å²) in [5.74, 6) is -2.84. The van der Waals surface area contributed by atoms with Crippen molar-refractivity contribution in [3.05, 3.63) is 59.3 Å². The van der Waals surface area contributed by atoms with Crippen LogP contribution in [0.15, 0.2) is 36.5 Å². The Hall–Kier alpha value is -2.79. The average molecular weight is 477 g/mol. The third kappa shape index (κ3) is 4.14. The summed E-state index contributed by atoms with van der Waals surface area (Å²) >= 11 is 0. The quantitative estimate of drug-likeness (QED) is 0.539. The molecule has 2 fully saturated rings. The molecule has 1 aromatic heterocycles. The zero-order valence-corrected chi connectivity index (χ0v) is 17.3. The Morgan fingerprint density at radius 2 is 1.66 bits per heavy atom. The summed E-state index contributed by atoms with van der Waals surface area (Å²) in [5, 5.41) is 3.06. The first-order chi connectivity index (χ1) is 14.6. The normalized spacial score (nSPS) is 18.3. The van der Waals surface area contributed by atoms with Crippen LogP contribution in [0, 0.1) is 11.6 Å². The molecule has 1 N–H and O–H groups in total. The first kappa shape index (κ1) is 23.9. The van der Waals surface area contributed by atoms with Gasteiger partial charge in [0.1, 0.15) is 23.0 Å². The highest BCUT2D eigenvalue weighted by atomic mass is 35.5. The van der Waals surface area contributed by atoms with Gasteiger partial charge in [-0.05, 0) is 55.8 Å². The third-order valence-corrected chi connectivity index (χ3v) is 5.54. The van der Waals surface area contributed by atoms with E-state index in [9.17, 15) is 31.5 Å². The van der Waals surface area contributed by atoms with Crippen molar-refractivity contribution in [3.8, 4) is 0 Å². The number of rotatable bonds is 3. The molecular weight excluding hydrogens is 459 g/mol. The van der Waals surface area contributed by atoms with Gasteiger partial charge < -0.3 is 10.2 Å². The molecule has 0 unspecified atom stereocenters. The standard InChI is InChI=1S/C20H17F5N4O2.ClH/c21-14-7-12(8-15(22)10-14)11-28-18(31)29(17(30)19(28)2-5-26-6-3-19)16-9-13(1-4-27-16)20(23,24)25;/h1,4,7-10,26H,2-3,5-6,11H2;1H. The lowest BCUT2D eigenvalue weighted by molar-refractivity contribution is -0.137. The summed E-state index contributed by atoms with van der Waals surface area (Å²) in [5.41, 5.74) is -2.28. The molecule has 32 heavy (non-hydrogen) atoms. The molecule has 12 heteroatoms. The van der Waals surface area contributed by atoms with Gasteiger partial charge in [0.2, 0.25) is 0 Å². The van der Waals surface area contributed by atoms with Crippen LogP contribution in [0.3, 0.4) is 0 Å². The molecule has 2 saturated heterocycles. The van der Waals surface area contributed by atoms with Crippen molar-refractivity contribution in [2.45, 2.75) is 31.1 Å². The van der Waals surface area contributed by atoms with Gasteiger partial charge in [-0.25, -0.2) is 23.5 Å². The highest BCUT2D eigenvalue weighted by Crippen LogP contribution is 2.40. The minimum Gasteiger partial charge on any atom is -0.317 e. The zero-order chi connectivity index (χ0) is 22.4. The van der Waals surface area contributed by atoms with Gasteiger partial charge in [0.15, 0.2) is 0 Å². The van der Waals surface area contributed by atoms with Crippen molar-refractivity contribution in [1.29, 1.82) is 0 Å². The van der Waals surface area contributed by atoms with E-state index in [2.05, 4.69) is 10.3 Å². The molecule has 2 aromatic rings. The number of amides is 3. The van der Waals surface area contributed by atoms with Gasteiger partial charge in [-0.1, -0.05) is 0 Å². The Bertz CT molecular complexity index is 1020. The molecule has 3 heterocycles. The van der Waals surface area contributed by atoms with Crippen molar-refractivity contribution >= 4 is 30.2 Å². The first-order valence-corrected chi connectivity index (χ1v) is 9.47. The highest BCUT2D eigenvalue weighted by Gasteiger charge is 2.58. The lowest BCUT2D eigenvalue weighted by Gasteiger charge is -2.38. The molecule has 172 valence electrons. The van der Waals surface area contributed by atoms with Gasteiger partial charge >= 0.3 is 12.2 Å². The Morgan fingerprint density at radius 1 is 1.03 bits per heavy atom. The summed E-state index contributed by atoms with van der Waals surface area (Å²) in [7, 11) is 0. The van der Waals surface area contributed by atoms with E-state index in [0.717, 1.165) is 24.4 Å². The average Bonchev–Trinajstić information content (AvgIpc) is 2.89.